The van der Waals surface area contributed by atoms with Crippen LogP contribution in [0.25, 0.3) is 0 Å². The zero-order valence-corrected chi connectivity index (χ0v) is 19.0. The number of amides is 2. The van der Waals surface area contributed by atoms with Gasteiger partial charge in [0.1, 0.15) is 16.5 Å². The van der Waals surface area contributed by atoms with Crippen molar-refractivity contribution in [3.05, 3.63) is 39.8 Å². The van der Waals surface area contributed by atoms with Crippen LogP contribution < -0.4 is 20.2 Å². The maximum atomic E-state index is 12.5. The standard InChI is InChI=1S/C22H25N3O6S/c1-4-31-22(28)18-15-7-5-6-8-17(15)32-21(18)24-19(26)20(27)25-23-12-13-11-14(29-2)9-10-16(13)30-3/h9-12H,4-8H2,1-3H3,(H,24,26)(H,25,27)/b23-12+. The number of fused-ring (bicyclic) bond motifs is 1. The lowest BCUT2D eigenvalue weighted by Gasteiger charge is -2.12. The highest BCUT2D eigenvalue weighted by molar-refractivity contribution is 7.17. The monoisotopic (exact) mass is 459 g/mol. The number of thiophene rings is 1. The lowest BCUT2D eigenvalue weighted by Crippen LogP contribution is -2.32. The molecule has 0 bridgehead atoms. The summed E-state index contributed by atoms with van der Waals surface area (Å²) in [5.41, 5.74) is 3.99. The number of esters is 1. The van der Waals surface area contributed by atoms with E-state index in [1.54, 1.807) is 25.1 Å². The molecule has 0 radical (unpaired) electrons. The van der Waals surface area contributed by atoms with E-state index in [4.69, 9.17) is 14.2 Å². The number of hydrogen-bond acceptors (Lipinski definition) is 8. The Balaban J connectivity index is 1.71. The smallest absolute Gasteiger partial charge is 0.341 e. The van der Waals surface area contributed by atoms with Crippen molar-refractivity contribution in [2.75, 3.05) is 26.1 Å². The van der Waals surface area contributed by atoms with Crippen LogP contribution in [0, 0.1) is 0 Å². The summed E-state index contributed by atoms with van der Waals surface area (Å²) in [7, 11) is 3.04. The van der Waals surface area contributed by atoms with Gasteiger partial charge in [0.05, 0.1) is 32.6 Å². The molecule has 32 heavy (non-hydrogen) atoms. The van der Waals surface area contributed by atoms with E-state index < -0.39 is 17.8 Å². The lowest BCUT2D eigenvalue weighted by atomic mass is 9.95. The number of aryl methyl sites for hydroxylation is 1. The third kappa shape index (κ3) is 5.25. The first kappa shape index (κ1) is 23.3. The topological polar surface area (TPSA) is 115 Å². The van der Waals surface area contributed by atoms with Gasteiger partial charge in [-0.15, -0.1) is 11.3 Å². The number of rotatable bonds is 7. The molecule has 0 saturated carbocycles. The van der Waals surface area contributed by atoms with Crippen molar-refractivity contribution in [2.45, 2.75) is 32.6 Å². The second-order valence-electron chi connectivity index (χ2n) is 6.90. The zero-order chi connectivity index (χ0) is 23.1. The molecule has 0 aliphatic heterocycles. The highest BCUT2D eigenvalue weighted by Gasteiger charge is 2.28. The Morgan fingerprint density at radius 3 is 2.62 bits per heavy atom. The summed E-state index contributed by atoms with van der Waals surface area (Å²) >= 11 is 1.31. The first-order valence-electron chi connectivity index (χ1n) is 10.2. The van der Waals surface area contributed by atoms with Crippen LogP contribution in [-0.4, -0.2) is 44.8 Å². The van der Waals surface area contributed by atoms with Gasteiger partial charge in [0.2, 0.25) is 0 Å². The average Bonchev–Trinajstić information content (AvgIpc) is 3.16. The maximum absolute atomic E-state index is 12.5. The Morgan fingerprint density at radius 1 is 1.12 bits per heavy atom. The molecule has 0 unspecified atom stereocenters. The predicted molar refractivity (Wildman–Crippen MR) is 121 cm³/mol. The molecule has 2 aromatic rings. The molecule has 9 nitrogen and oxygen atoms in total. The van der Waals surface area contributed by atoms with E-state index >= 15 is 0 Å². The van der Waals surface area contributed by atoms with Gasteiger partial charge < -0.3 is 19.5 Å². The molecule has 1 aromatic heterocycles. The largest absolute Gasteiger partial charge is 0.497 e. The van der Waals surface area contributed by atoms with E-state index in [9.17, 15) is 14.4 Å². The molecule has 10 heteroatoms. The van der Waals surface area contributed by atoms with E-state index in [0.717, 1.165) is 36.1 Å². The van der Waals surface area contributed by atoms with Crippen LogP contribution in [0.2, 0.25) is 0 Å². The summed E-state index contributed by atoms with van der Waals surface area (Å²) in [5, 5.41) is 6.70. The lowest BCUT2D eigenvalue weighted by molar-refractivity contribution is -0.136. The zero-order valence-electron chi connectivity index (χ0n) is 18.1. The van der Waals surface area contributed by atoms with Crippen molar-refractivity contribution in [3.63, 3.8) is 0 Å². The SMILES string of the molecule is CCOC(=O)c1c(NC(=O)C(=O)N/N=C/c2cc(OC)ccc2OC)sc2c1CCCC2. The van der Waals surface area contributed by atoms with Crippen LogP contribution >= 0.6 is 11.3 Å². The summed E-state index contributed by atoms with van der Waals surface area (Å²) in [4.78, 5) is 38.2. The Morgan fingerprint density at radius 2 is 1.91 bits per heavy atom. The van der Waals surface area contributed by atoms with Crippen molar-refractivity contribution >= 4 is 40.3 Å². The van der Waals surface area contributed by atoms with Gasteiger partial charge in [-0.2, -0.15) is 5.10 Å². The molecule has 0 spiro atoms. The van der Waals surface area contributed by atoms with Crippen molar-refractivity contribution in [2.24, 2.45) is 5.10 Å². The highest BCUT2D eigenvalue weighted by Crippen LogP contribution is 2.38. The number of methoxy groups -OCH3 is 2. The molecule has 1 aliphatic rings. The van der Waals surface area contributed by atoms with Gasteiger partial charge in [-0.1, -0.05) is 0 Å². The van der Waals surface area contributed by atoms with E-state index in [2.05, 4.69) is 15.8 Å². The molecule has 2 amide bonds. The van der Waals surface area contributed by atoms with Crippen molar-refractivity contribution in [1.29, 1.82) is 0 Å². The molecule has 1 heterocycles. The van der Waals surface area contributed by atoms with Gasteiger partial charge in [0.25, 0.3) is 0 Å². The van der Waals surface area contributed by atoms with E-state index in [0.29, 0.717) is 27.6 Å². The number of carbonyl (C=O) groups excluding carboxylic acids is 3. The Kier molecular flexibility index (Phi) is 7.82. The Bertz CT molecular complexity index is 1050. The van der Waals surface area contributed by atoms with Gasteiger partial charge in [-0.05, 0) is 56.4 Å². The van der Waals surface area contributed by atoms with E-state index in [1.165, 1.54) is 31.8 Å². The van der Waals surface area contributed by atoms with Crippen molar-refractivity contribution in [3.8, 4) is 11.5 Å². The molecule has 1 aromatic carbocycles. The number of hydrazone groups is 1. The van der Waals surface area contributed by atoms with Crippen LogP contribution in [0.1, 0.15) is 46.1 Å². The quantitative estimate of drug-likeness (QED) is 0.285. The minimum absolute atomic E-state index is 0.222. The van der Waals surface area contributed by atoms with Gasteiger partial charge in [-0.3, -0.25) is 9.59 Å². The molecular weight excluding hydrogens is 434 g/mol. The second kappa shape index (κ2) is 10.8. The third-order valence-electron chi connectivity index (χ3n) is 4.89. The van der Waals surface area contributed by atoms with Crippen LogP contribution in [-0.2, 0) is 27.2 Å². The first-order chi connectivity index (χ1) is 15.5. The van der Waals surface area contributed by atoms with E-state index in [-0.39, 0.29) is 6.61 Å². The fraction of sp³-hybridized carbons (Fsp3) is 0.364. The molecule has 0 atom stereocenters. The fourth-order valence-corrected chi connectivity index (χ4v) is 4.66. The Hall–Kier alpha value is -3.40. The van der Waals surface area contributed by atoms with Gasteiger partial charge >= 0.3 is 17.8 Å². The van der Waals surface area contributed by atoms with Crippen LogP contribution in [0.15, 0.2) is 23.3 Å². The average molecular weight is 460 g/mol. The van der Waals surface area contributed by atoms with Crippen LogP contribution in [0.4, 0.5) is 5.00 Å². The number of anilines is 1. The number of carbonyl (C=O) groups is 3. The molecule has 3 rings (SSSR count). The minimum atomic E-state index is -0.968. The molecule has 1 aliphatic carbocycles. The summed E-state index contributed by atoms with van der Waals surface area (Å²) < 4.78 is 15.6. The molecule has 0 saturated heterocycles. The predicted octanol–water partition coefficient (Wildman–Crippen LogP) is 2.91. The number of hydrogen-bond donors (Lipinski definition) is 2. The Labute approximate surface area is 189 Å². The number of nitrogens with one attached hydrogen (secondary N) is 2. The molecular formula is C22H25N3O6S. The van der Waals surface area contributed by atoms with E-state index in [1.807, 2.05) is 0 Å². The maximum Gasteiger partial charge on any atom is 0.341 e. The number of nitrogens with zero attached hydrogens (tertiary/aromatic N) is 1. The van der Waals surface area contributed by atoms with Gasteiger partial charge in [0, 0.05) is 10.4 Å². The summed E-state index contributed by atoms with van der Waals surface area (Å²) in [6.07, 6.45) is 4.91. The van der Waals surface area contributed by atoms with Crippen LogP contribution in [0.5, 0.6) is 11.5 Å². The minimum Gasteiger partial charge on any atom is -0.497 e. The first-order valence-corrected chi connectivity index (χ1v) is 11.0. The summed E-state index contributed by atoms with van der Waals surface area (Å²) in [6, 6.07) is 5.10. The number of benzene rings is 1. The third-order valence-corrected chi connectivity index (χ3v) is 6.10. The van der Waals surface area contributed by atoms with Crippen LogP contribution in [0.3, 0.4) is 0 Å². The number of ether oxygens (including phenoxy) is 3. The van der Waals surface area contributed by atoms with Gasteiger partial charge in [0.15, 0.2) is 0 Å². The van der Waals surface area contributed by atoms with Crippen molar-refractivity contribution < 1.29 is 28.6 Å². The fourth-order valence-electron chi connectivity index (χ4n) is 3.38. The van der Waals surface area contributed by atoms with Crippen molar-refractivity contribution in [1.82, 2.24) is 5.43 Å². The molecule has 0 fully saturated rings. The van der Waals surface area contributed by atoms with Gasteiger partial charge in [-0.25, -0.2) is 10.2 Å². The summed E-state index contributed by atoms with van der Waals surface area (Å²) in [5.74, 6) is -1.28. The summed E-state index contributed by atoms with van der Waals surface area (Å²) in [6.45, 7) is 1.94. The normalized spacial score (nSPS) is 12.7. The molecule has 2 N–H and O–H groups in total. The highest BCUT2D eigenvalue weighted by atomic mass is 32.1. The molecule has 170 valence electrons. The second-order valence-corrected chi connectivity index (χ2v) is 8.00.